The van der Waals surface area contributed by atoms with E-state index in [0.717, 1.165) is 17.1 Å². The topological polar surface area (TPSA) is 38.7 Å². The maximum Gasteiger partial charge on any atom is 0.276 e. The van der Waals surface area contributed by atoms with Crippen molar-refractivity contribution in [3.63, 3.8) is 0 Å². The molecule has 0 radical (unpaired) electrons. The number of quaternary nitrogens is 1. The van der Waals surface area contributed by atoms with Crippen LogP contribution in [0.2, 0.25) is 0 Å². The molecule has 5 nitrogen and oxygen atoms in total. The van der Waals surface area contributed by atoms with E-state index in [1.807, 2.05) is 24.3 Å². The summed E-state index contributed by atoms with van der Waals surface area (Å²) in [6.45, 7) is 2.13. The molecule has 25 heavy (non-hydrogen) atoms. The molecule has 0 spiro atoms. The molecule has 130 valence electrons. The van der Waals surface area contributed by atoms with Crippen LogP contribution in [0.5, 0.6) is 0 Å². The third kappa shape index (κ3) is 3.40. The molecule has 0 saturated carbocycles. The Labute approximate surface area is 162 Å². The lowest BCUT2D eigenvalue weighted by atomic mass is 10.2. The predicted molar refractivity (Wildman–Crippen MR) is 98.6 cm³/mol. The number of halogens is 1. The zero-order valence-electron chi connectivity index (χ0n) is 14.1. The van der Waals surface area contributed by atoms with E-state index in [2.05, 4.69) is 76.3 Å². The fraction of sp³-hybridized carbons (Fsp3) is 0.167. The lowest BCUT2D eigenvalue weighted by molar-refractivity contribution is -0.566. The minimum Gasteiger partial charge on any atom is -1.00 e. The second-order valence-corrected chi connectivity index (χ2v) is 6.74. The standard InChI is InChI=1S/C18H19N5S.BrH/c1-14-13-24-18(21(14)2)23-20-17(15-9-5-3-6-10-15)19-22(23)16-11-7-4-8-12-16;/h3-13,18H,1-2H3,(H,19,20);1H. The van der Waals surface area contributed by atoms with E-state index in [9.17, 15) is 0 Å². The van der Waals surface area contributed by atoms with Crippen LogP contribution in [-0.2, 0) is 0 Å². The highest BCUT2D eigenvalue weighted by atomic mass is 79.9. The lowest BCUT2D eigenvalue weighted by Gasteiger charge is -2.33. The summed E-state index contributed by atoms with van der Waals surface area (Å²) >= 11 is 1.77. The molecule has 0 amide bonds. The van der Waals surface area contributed by atoms with E-state index in [-0.39, 0.29) is 22.5 Å². The van der Waals surface area contributed by atoms with E-state index < -0.39 is 0 Å². The van der Waals surface area contributed by atoms with Crippen LogP contribution in [0.1, 0.15) is 12.5 Å². The molecule has 1 atom stereocenters. The Kier molecular flexibility index (Phi) is 5.36. The highest BCUT2D eigenvalue weighted by molar-refractivity contribution is 8.02. The van der Waals surface area contributed by atoms with Crippen molar-refractivity contribution in [3.8, 4) is 0 Å². The van der Waals surface area contributed by atoms with Gasteiger partial charge >= 0.3 is 0 Å². The van der Waals surface area contributed by atoms with Gasteiger partial charge in [-0.15, -0.1) is 10.2 Å². The zero-order chi connectivity index (χ0) is 16.5. The van der Waals surface area contributed by atoms with Crippen molar-refractivity contribution in [1.29, 1.82) is 0 Å². The van der Waals surface area contributed by atoms with Gasteiger partial charge in [0.2, 0.25) is 0 Å². The Morgan fingerprint density at radius 1 is 1.00 bits per heavy atom. The maximum atomic E-state index is 4.91. The minimum absolute atomic E-state index is 0. The number of para-hydroxylation sites is 1. The molecule has 4 rings (SSSR count). The molecular formula is C18H20BrN5S. The second-order valence-electron chi connectivity index (χ2n) is 5.81. The second kappa shape index (κ2) is 7.51. The van der Waals surface area contributed by atoms with Crippen LogP contribution >= 0.6 is 11.8 Å². The van der Waals surface area contributed by atoms with Gasteiger partial charge in [0.05, 0.1) is 5.56 Å². The van der Waals surface area contributed by atoms with Gasteiger partial charge in [-0.05, 0) is 36.6 Å². The Balaban J connectivity index is 0.00000182. The smallest absolute Gasteiger partial charge is 0.276 e. The summed E-state index contributed by atoms with van der Waals surface area (Å²) in [5.41, 5.74) is 5.69. The summed E-state index contributed by atoms with van der Waals surface area (Å²) in [5, 5.41) is 11.3. The molecular weight excluding hydrogens is 398 g/mol. The first-order valence-electron chi connectivity index (χ1n) is 7.91. The van der Waals surface area contributed by atoms with Gasteiger partial charge in [-0.2, -0.15) is 5.43 Å². The predicted octanol–water partition coefficient (Wildman–Crippen LogP) is -0.609. The molecule has 2 aliphatic rings. The van der Waals surface area contributed by atoms with Crippen LogP contribution in [-0.4, -0.2) is 28.4 Å². The molecule has 0 aromatic heterocycles. The fourth-order valence-electron chi connectivity index (χ4n) is 2.75. The number of hydrazone groups is 1. The summed E-state index contributed by atoms with van der Waals surface area (Å²) in [7, 11) is 2.11. The zero-order valence-corrected chi connectivity index (χ0v) is 16.5. The van der Waals surface area contributed by atoms with Gasteiger partial charge in [-0.3, -0.25) is 0 Å². The van der Waals surface area contributed by atoms with Gasteiger partial charge in [-0.25, -0.2) is 0 Å². The van der Waals surface area contributed by atoms with Crippen LogP contribution in [0.4, 0.5) is 5.69 Å². The van der Waals surface area contributed by atoms with Gasteiger partial charge in [0.1, 0.15) is 5.69 Å². The molecule has 2 aliphatic heterocycles. The average molecular weight is 418 g/mol. The van der Waals surface area contributed by atoms with E-state index >= 15 is 0 Å². The molecule has 0 aliphatic carbocycles. The van der Waals surface area contributed by atoms with Crippen molar-refractivity contribution in [2.45, 2.75) is 12.4 Å². The first-order valence-corrected chi connectivity index (χ1v) is 8.86. The van der Waals surface area contributed by atoms with Crippen molar-refractivity contribution in [1.82, 2.24) is 10.0 Å². The monoisotopic (exact) mass is 417 g/mol. The number of hydrazine groups is 1. The molecule has 2 heterocycles. The Bertz CT molecular complexity index is 781. The number of amidine groups is 1. The highest BCUT2D eigenvalue weighted by Crippen LogP contribution is 2.33. The maximum absolute atomic E-state index is 4.91. The SMILES string of the molecule is CC1=CSC(N2N=C(c3ccccc3)[NH2+]N2c2ccccc2)N1C.[Br-]. The van der Waals surface area contributed by atoms with Crippen LogP contribution in [0.25, 0.3) is 0 Å². The van der Waals surface area contributed by atoms with Crippen LogP contribution in [0, 0.1) is 0 Å². The summed E-state index contributed by atoms with van der Waals surface area (Å²) in [4.78, 5) is 2.24. The van der Waals surface area contributed by atoms with Crippen molar-refractivity contribution < 1.29 is 22.4 Å². The summed E-state index contributed by atoms with van der Waals surface area (Å²) in [6, 6.07) is 20.7. The molecule has 0 saturated heterocycles. The third-order valence-electron chi connectivity index (χ3n) is 4.21. The normalized spacial score (nSPS) is 19.6. The van der Waals surface area contributed by atoms with Crippen molar-refractivity contribution >= 4 is 23.3 Å². The quantitative estimate of drug-likeness (QED) is 0.676. The van der Waals surface area contributed by atoms with Crippen molar-refractivity contribution in [3.05, 3.63) is 77.3 Å². The Hall–Kier alpha value is -1.96. The number of thioether (sulfide) groups is 1. The van der Waals surface area contributed by atoms with Gasteiger partial charge in [0.15, 0.2) is 5.50 Å². The van der Waals surface area contributed by atoms with E-state index in [4.69, 9.17) is 5.10 Å². The van der Waals surface area contributed by atoms with Crippen LogP contribution in [0.3, 0.4) is 0 Å². The number of nitrogens with two attached hydrogens (primary N) is 1. The van der Waals surface area contributed by atoms with E-state index in [1.54, 1.807) is 11.8 Å². The first kappa shape index (κ1) is 17.8. The number of nitrogens with zero attached hydrogens (tertiary/aromatic N) is 4. The number of hydrogen-bond acceptors (Lipinski definition) is 5. The molecule has 2 aromatic rings. The summed E-state index contributed by atoms with van der Waals surface area (Å²) in [6.07, 6.45) is 0. The lowest BCUT2D eigenvalue weighted by Crippen LogP contribution is -3.00. The number of hydrogen-bond donors (Lipinski definition) is 1. The molecule has 0 fully saturated rings. The largest absolute Gasteiger partial charge is 1.00 e. The van der Waals surface area contributed by atoms with Gasteiger partial charge in [0.25, 0.3) is 5.84 Å². The summed E-state index contributed by atoms with van der Waals surface area (Å²) in [5.74, 6) is 0.970. The van der Waals surface area contributed by atoms with E-state index in [1.165, 1.54) is 5.70 Å². The number of rotatable bonds is 3. The molecule has 1 unspecified atom stereocenters. The third-order valence-corrected chi connectivity index (χ3v) is 5.44. The molecule has 7 heteroatoms. The van der Waals surface area contributed by atoms with Crippen molar-refractivity contribution in [2.24, 2.45) is 5.10 Å². The van der Waals surface area contributed by atoms with Gasteiger partial charge in [0, 0.05) is 12.7 Å². The number of benzene rings is 2. The van der Waals surface area contributed by atoms with Crippen LogP contribution in [0.15, 0.2) is 76.9 Å². The summed E-state index contributed by atoms with van der Waals surface area (Å²) < 4.78 is 0. The van der Waals surface area contributed by atoms with Crippen LogP contribution < -0.4 is 27.5 Å². The highest BCUT2D eigenvalue weighted by Gasteiger charge is 2.39. The number of allylic oxidation sites excluding steroid dienone is 1. The van der Waals surface area contributed by atoms with E-state index in [0.29, 0.717) is 0 Å². The fourth-order valence-corrected chi connectivity index (χ4v) is 3.84. The van der Waals surface area contributed by atoms with Gasteiger partial charge < -0.3 is 21.9 Å². The Morgan fingerprint density at radius 2 is 1.64 bits per heavy atom. The molecule has 2 aromatic carbocycles. The first-order chi connectivity index (χ1) is 11.7. The van der Waals surface area contributed by atoms with Crippen molar-refractivity contribution in [2.75, 3.05) is 12.2 Å². The van der Waals surface area contributed by atoms with Gasteiger partial charge in [-0.1, -0.05) is 53.3 Å². The molecule has 2 N–H and O–H groups in total. The molecule has 0 bridgehead atoms. The minimum atomic E-state index is 0. The number of anilines is 1. The average Bonchev–Trinajstić information content (AvgIpc) is 3.21. The Morgan fingerprint density at radius 3 is 2.24 bits per heavy atom.